The molecule has 110 valence electrons. The highest BCUT2D eigenvalue weighted by atomic mass is 16.5. The Bertz CT molecular complexity index is 312. The normalized spacial score (nSPS) is 16.9. The Balaban J connectivity index is 2.11. The van der Waals surface area contributed by atoms with Crippen LogP contribution < -0.4 is 10.6 Å². The molecule has 6 heteroatoms. The van der Waals surface area contributed by atoms with E-state index in [0.717, 1.165) is 12.8 Å². The fourth-order valence-electron chi connectivity index (χ4n) is 2.00. The summed E-state index contributed by atoms with van der Waals surface area (Å²) in [6.07, 6.45) is 6.21. The van der Waals surface area contributed by atoms with Gasteiger partial charge in [-0.3, -0.25) is 0 Å². The van der Waals surface area contributed by atoms with E-state index in [0.29, 0.717) is 19.3 Å². The summed E-state index contributed by atoms with van der Waals surface area (Å²) in [5, 5.41) is 13.8. The van der Waals surface area contributed by atoms with Crippen LogP contribution in [0.5, 0.6) is 0 Å². The molecule has 1 fully saturated rings. The van der Waals surface area contributed by atoms with Crippen molar-refractivity contribution in [2.75, 3.05) is 13.2 Å². The van der Waals surface area contributed by atoms with Gasteiger partial charge in [-0.15, -0.1) is 0 Å². The molecule has 0 heterocycles. The molecule has 0 aromatic rings. The standard InChI is InChI=1S/C13H24N2O4/c1-13(2,11(16)17)15-12(18)14-8-9-19-10-6-4-3-5-7-10/h10H,3-9H2,1-2H3,(H,16,17)(H2,14,15,18). The number of aliphatic carboxylic acids is 1. The van der Waals surface area contributed by atoms with E-state index in [1.807, 2.05) is 0 Å². The molecule has 0 aromatic carbocycles. The van der Waals surface area contributed by atoms with E-state index >= 15 is 0 Å². The zero-order chi connectivity index (χ0) is 14.3. The molecule has 0 spiro atoms. The molecular formula is C13H24N2O4. The molecule has 0 radical (unpaired) electrons. The number of nitrogens with one attached hydrogen (secondary N) is 2. The van der Waals surface area contributed by atoms with Gasteiger partial charge in [0.15, 0.2) is 0 Å². The summed E-state index contributed by atoms with van der Waals surface area (Å²) in [5.41, 5.74) is -1.27. The van der Waals surface area contributed by atoms with Crippen molar-refractivity contribution in [1.29, 1.82) is 0 Å². The number of amides is 2. The van der Waals surface area contributed by atoms with E-state index in [1.165, 1.54) is 33.1 Å². The Labute approximate surface area is 113 Å². The minimum absolute atomic E-state index is 0.314. The average molecular weight is 272 g/mol. The Morgan fingerprint density at radius 3 is 2.47 bits per heavy atom. The number of carbonyl (C=O) groups is 2. The van der Waals surface area contributed by atoms with Gasteiger partial charge in [0, 0.05) is 6.54 Å². The fraction of sp³-hybridized carbons (Fsp3) is 0.846. The van der Waals surface area contributed by atoms with E-state index in [-0.39, 0.29) is 0 Å². The maximum Gasteiger partial charge on any atom is 0.328 e. The third-order valence-electron chi connectivity index (χ3n) is 3.25. The minimum Gasteiger partial charge on any atom is -0.480 e. The highest BCUT2D eigenvalue weighted by molar-refractivity contribution is 5.85. The first kappa shape index (κ1) is 15.8. The maximum absolute atomic E-state index is 11.5. The largest absolute Gasteiger partial charge is 0.480 e. The summed E-state index contributed by atoms with van der Waals surface area (Å²) < 4.78 is 5.65. The molecule has 1 aliphatic rings. The van der Waals surface area contributed by atoms with E-state index in [2.05, 4.69) is 10.6 Å². The molecule has 0 bridgehead atoms. The topological polar surface area (TPSA) is 87.7 Å². The molecule has 0 atom stereocenters. The van der Waals surface area contributed by atoms with Crippen molar-refractivity contribution in [2.45, 2.75) is 57.6 Å². The summed E-state index contributed by atoms with van der Waals surface area (Å²) in [6.45, 7) is 3.73. The molecule has 1 rings (SSSR count). The number of hydrogen-bond acceptors (Lipinski definition) is 3. The lowest BCUT2D eigenvalue weighted by Gasteiger charge is -2.23. The van der Waals surface area contributed by atoms with Crippen LogP contribution in [0.1, 0.15) is 46.0 Å². The van der Waals surface area contributed by atoms with Crippen LogP contribution in [0, 0.1) is 0 Å². The third kappa shape index (κ3) is 5.92. The zero-order valence-electron chi connectivity index (χ0n) is 11.7. The van der Waals surface area contributed by atoms with Crippen LogP contribution in [0.15, 0.2) is 0 Å². The van der Waals surface area contributed by atoms with Gasteiger partial charge >= 0.3 is 12.0 Å². The number of urea groups is 1. The minimum atomic E-state index is -1.27. The predicted octanol–water partition coefficient (Wildman–Crippen LogP) is 1.50. The van der Waals surface area contributed by atoms with Gasteiger partial charge in [-0.2, -0.15) is 0 Å². The van der Waals surface area contributed by atoms with Crippen LogP contribution in [-0.4, -0.2) is 41.9 Å². The molecule has 0 aliphatic heterocycles. The molecule has 0 unspecified atom stereocenters. The van der Waals surface area contributed by atoms with Crippen molar-refractivity contribution < 1.29 is 19.4 Å². The number of carbonyl (C=O) groups excluding carboxylic acids is 1. The summed E-state index contributed by atoms with van der Waals surface area (Å²) in [5.74, 6) is -1.07. The van der Waals surface area contributed by atoms with Crippen LogP contribution in [0.2, 0.25) is 0 Å². The van der Waals surface area contributed by atoms with Crippen LogP contribution in [-0.2, 0) is 9.53 Å². The van der Waals surface area contributed by atoms with E-state index in [4.69, 9.17) is 9.84 Å². The van der Waals surface area contributed by atoms with Crippen molar-refractivity contribution in [2.24, 2.45) is 0 Å². The van der Waals surface area contributed by atoms with E-state index in [1.54, 1.807) is 0 Å². The summed E-state index contributed by atoms with van der Waals surface area (Å²) in [6, 6.07) is -0.486. The highest BCUT2D eigenvalue weighted by Gasteiger charge is 2.28. The molecule has 1 saturated carbocycles. The van der Waals surface area contributed by atoms with Gasteiger partial charge in [-0.05, 0) is 26.7 Å². The molecular weight excluding hydrogens is 248 g/mol. The first-order valence-corrected chi connectivity index (χ1v) is 6.83. The van der Waals surface area contributed by atoms with Crippen molar-refractivity contribution in [3.05, 3.63) is 0 Å². The molecule has 0 aromatic heterocycles. The van der Waals surface area contributed by atoms with Gasteiger partial charge < -0.3 is 20.5 Å². The van der Waals surface area contributed by atoms with Crippen molar-refractivity contribution in [1.82, 2.24) is 10.6 Å². The van der Waals surface area contributed by atoms with Crippen molar-refractivity contribution >= 4 is 12.0 Å². The number of ether oxygens (including phenoxy) is 1. The number of hydrogen-bond donors (Lipinski definition) is 3. The van der Waals surface area contributed by atoms with Gasteiger partial charge in [-0.1, -0.05) is 19.3 Å². The SMILES string of the molecule is CC(C)(NC(=O)NCCOC1CCCCC1)C(=O)O. The third-order valence-corrected chi connectivity index (χ3v) is 3.25. The van der Waals surface area contributed by atoms with E-state index < -0.39 is 17.5 Å². The first-order chi connectivity index (χ1) is 8.92. The Morgan fingerprint density at radius 2 is 1.89 bits per heavy atom. The second kappa shape index (κ2) is 7.33. The zero-order valence-corrected chi connectivity index (χ0v) is 11.7. The Morgan fingerprint density at radius 1 is 1.26 bits per heavy atom. The molecule has 3 N–H and O–H groups in total. The van der Waals surface area contributed by atoms with Crippen LogP contribution in [0.4, 0.5) is 4.79 Å². The van der Waals surface area contributed by atoms with E-state index in [9.17, 15) is 9.59 Å². The first-order valence-electron chi connectivity index (χ1n) is 6.83. The van der Waals surface area contributed by atoms with Crippen LogP contribution >= 0.6 is 0 Å². The maximum atomic E-state index is 11.5. The molecule has 19 heavy (non-hydrogen) atoms. The summed E-state index contributed by atoms with van der Waals surface area (Å²) in [7, 11) is 0. The van der Waals surface area contributed by atoms with Gasteiger partial charge in [0.1, 0.15) is 5.54 Å². The summed E-state index contributed by atoms with van der Waals surface area (Å²) >= 11 is 0. The fourth-order valence-corrected chi connectivity index (χ4v) is 2.00. The lowest BCUT2D eigenvalue weighted by atomic mass is 9.98. The Kier molecular flexibility index (Phi) is 6.08. The number of carboxylic acids is 1. The second-order valence-corrected chi connectivity index (χ2v) is 5.44. The smallest absolute Gasteiger partial charge is 0.328 e. The lowest BCUT2D eigenvalue weighted by Crippen LogP contribution is -2.53. The molecule has 6 nitrogen and oxygen atoms in total. The van der Waals surface area contributed by atoms with Crippen LogP contribution in [0.25, 0.3) is 0 Å². The molecule has 0 saturated heterocycles. The van der Waals surface area contributed by atoms with Gasteiger partial charge in [-0.25, -0.2) is 9.59 Å². The van der Waals surface area contributed by atoms with Gasteiger partial charge in [0.25, 0.3) is 0 Å². The Hall–Kier alpha value is -1.30. The molecule has 1 aliphatic carbocycles. The number of rotatable bonds is 6. The summed E-state index contributed by atoms with van der Waals surface area (Å²) in [4.78, 5) is 22.3. The monoisotopic (exact) mass is 272 g/mol. The molecule has 2 amide bonds. The number of carboxylic acid groups (broad SMARTS) is 1. The van der Waals surface area contributed by atoms with Gasteiger partial charge in [0.2, 0.25) is 0 Å². The quantitative estimate of drug-likeness (QED) is 0.639. The highest BCUT2D eigenvalue weighted by Crippen LogP contribution is 2.19. The second-order valence-electron chi connectivity index (χ2n) is 5.44. The van der Waals surface area contributed by atoms with Crippen molar-refractivity contribution in [3.63, 3.8) is 0 Å². The van der Waals surface area contributed by atoms with Crippen LogP contribution in [0.3, 0.4) is 0 Å². The lowest BCUT2D eigenvalue weighted by molar-refractivity contribution is -0.142. The average Bonchev–Trinajstić information content (AvgIpc) is 2.35. The predicted molar refractivity (Wildman–Crippen MR) is 71.1 cm³/mol. The van der Waals surface area contributed by atoms with Crippen molar-refractivity contribution in [3.8, 4) is 0 Å². The van der Waals surface area contributed by atoms with Gasteiger partial charge in [0.05, 0.1) is 12.7 Å².